The molecule has 1 N–H and O–H groups in total. The normalized spacial score (nSPS) is 18.3. The van der Waals surface area contributed by atoms with Crippen LogP contribution in [0.3, 0.4) is 0 Å². The van der Waals surface area contributed by atoms with Gasteiger partial charge in [0.25, 0.3) is 11.7 Å². The average Bonchev–Trinajstić information content (AvgIpc) is 3.01. The maximum absolute atomic E-state index is 13.6. The Morgan fingerprint density at radius 1 is 1.12 bits per heavy atom. The van der Waals surface area contributed by atoms with Gasteiger partial charge in [-0.1, -0.05) is 32.9 Å². The quantitative estimate of drug-likeness (QED) is 0.404. The van der Waals surface area contributed by atoms with Gasteiger partial charge in [-0.25, -0.2) is 4.39 Å². The Morgan fingerprint density at radius 2 is 1.76 bits per heavy atom. The van der Waals surface area contributed by atoms with Crippen LogP contribution in [0.2, 0.25) is 0 Å². The summed E-state index contributed by atoms with van der Waals surface area (Å²) in [5.41, 5.74) is 1.54. The van der Waals surface area contributed by atoms with E-state index in [1.807, 2.05) is 39.8 Å². The van der Waals surface area contributed by atoms with E-state index in [1.54, 1.807) is 25.3 Å². The second-order valence-corrected chi connectivity index (χ2v) is 9.51. The monoisotopic (exact) mass is 454 g/mol. The standard InChI is InChI=1S/C26H31FN2O4/c1-26(2,3)19-15-17(9-12-20(19)33-6)23(30)21-22(16-7-10-18(27)11-8-16)29(14-13-28(4)5)25(32)24(21)31/h7-12,15,22,30H,13-14H2,1-6H3/b23-21-. The van der Waals surface area contributed by atoms with E-state index in [4.69, 9.17) is 4.74 Å². The van der Waals surface area contributed by atoms with Crippen LogP contribution in [-0.2, 0) is 15.0 Å². The molecule has 2 aromatic carbocycles. The Labute approximate surface area is 194 Å². The molecule has 176 valence electrons. The molecule has 7 heteroatoms. The highest BCUT2D eigenvalue weighted by molar-refractivity contribution is 6.46. The highest BCUT2D eigenvalue weighted by Crippen LogP contribution is 2.40. The number of rotatable bonds is 6. The van der Waals surface area contributed by atoms with E-state index in [9.17, 15) is 19.1 Å². The Balaban J connectivity index is 2.19. The third-order valence-electron chi connectivity index (χ3n) is 5.79. The van der Waals surface area contributed by atoms with Crippen molar-refractivity contribution in [2.45, 2.75) is 32.2 Å². The molecule has 0 aromatic heterocycles. The minimum absolute atomic E-state index is 0.00427. The third-order valence-corrected chi connectivity index (χ3v) is 5.79. The minimum Gasteiger partial charge on any atom is -0.507 e. The van der Waals surface area contributed by atoms with Crippen LogP contribution in [0.5, 0.6) is 5.75 Å². The average molecular weight is 455 g/mol. The fraction of sp³-hybridized carbons (Fsp3) is 0.385. The summed E-state index contributed by atoms with van der Waals surface area (Å²) in [7, 11) is 5.32. The van der Waals surface area contributed by atoms with Gasteiger partial charge in [-0.3, -0.25) is 9.59 Å². The van der Waals surface area contributed by atoms with Crippen molar-refractivity contribution in [2.75, 3.05) is 34.3 Å². The van der Waals surface area contributed by atoms with Gasteiger partial charge in [0.2, 0.25) is 0 Å². The van der Waals surface area contributed by atoms with E-state index in [0.29, 0.717) is 23.4 Å². The molecular weight excluding hydrogens is 423 g/mol. The van der Waals surface area contributed by atoms with Gasteiger partial charge in [-0.15, -0.1) is 0 Å². The lowest BCUT2D eigenvalue weighted by Crippen LogP contribution is -2.35. The number of ketones is 1. The number of aliphatic hydroxyl groups is 1. The van der Waals surface area contributed by atoms with Gasteiger partial charge in [0.05, 0.1) is 18.7 Å². The summed E-state index contributed by atoms with van der Waals surface area (Å²) in [6, 6.07) is 10.0. The summed E-state index contributed by atoms with van der Waals surface area (Å²) >= 11 is 0. The number of amides is 1. The van der Waals surface area contributed by atoms with Gasteiger partial charge in [0.1, 0.15) is 17.3 Å². The molecule has 2 aromatic rings. The van der Waals surface area contributed by atoms with Crippen molar-refractivity contribution in [3.8, 4) is 5.75 Å². The molecule has 1 unspecified atom stereocenters. The number of likely N-dealkylation sites (tertiary alicyclic amines) is 1. The van der Waals surface area contributed by atoms with E-state index < -0.39 is 23.5 Å². The Morgan fingerprint density at radius 3 is 2.30 bits per heavy atom. The van der Waals surface area contributed by atoms with Crippen molar-refractivity contribution in [3.63, 3.8) is 0 Å². The fourth-order valence-corrected chi connectivity index (χ4v) is 4.01. The zero-order valence-electron chi connectivity index (χ0n) is 20.0. The summed E-state index contributed by atoms with van der Waals surface area (Å²) in [6.45, 7) is 6.88. The molecule has 1 aliphatic heterocycles. The van der Waals surface area contributed by atoms with Crippen LogP contribution in [-0.4, -0.2) is 60.9 Å². The number of carbonyl (C=O) groups is 2. The number of methoxy groups -OCH3 is 1. The Bertz CT molecular complexity index is 1080. The first-order chi connectivity index (χ1) is 15.5. The van der Waals surface area contributed by atoms with Crippen molar-refractivity contribution >= 4 is 17.4 Å². The number of nitrogens with zero attached hydrogens (tertiary/aromatic N) is 2. The Hall–Kier alpha value is -3.19. The second kappa shape index (κ2) is 9.35. The largest absolute Gasteiger partial charge is 0.507 e. The molecule has 1 heterocycles. The highest BCUT2D eigenvalue weighted by Gasteiger charge is 2.46. The highest BCUT2D eigenvalue weighted by atomic mass is 19.1. The van der Waals surface area contributed by atoms with Gasteiger partial charge >= 0.3 is 0 Å². The summed E-state index contributed by atoms with van der Waals surface area (Å²) in [5, 5.41) is 11.3. The number of aliphatic hydroxyl groups excluding tert-OH is 1. The molecule has 0 radical (unpaired) electrons. The molecule has 1 aliphatic rings. The number of likely N-dealkylation sites (N-methyl/N-ethyl adjacent to an activating group) is 1. The molecular formula is C26H31FN2O4. The van der Waals surface area contributed by atoms with E-state index in [2.05, 4.69) is 0 Å². The van der Waals surface area contributed by atoms with Gasteiger partial charge in [0, 0.05) is 24.2 Å². The lowest BCUT2D eigenvalue weighted by Gasteiger charge is -2.27. The zero-order valence-corrected chi connectivity index (χ0v) is 20.0. The van der Waals surface area contributed by atoms with Crippen LogP contribution in [0.4, 0.5) is 4.39 Å². The topological polar surface area (TPSA) is 70.1 Å². The molecule has 1 atom stereocenters. The van der Waals surface area contributed by atoms with Crippen LogP contribution < -0.4 is 4.74 Å². The molecule has 0 saturated carbocycles. The molecule has 1 saturated heterocycles. The van der Waals surface area contributed by atoms with Crippen molar-refractivity contribution in [3.05, 3.63) is 70.5 Å². The van der Waals surface area contributed by atoms with Crippen molar-refractivity contribution in [1.29, 1.82) is 0 Å². The van der Waals surface area contributed by atoms with Crippen molar-refractivity contribution in [1.82, 2.24) is 9.80 Å². The lowest BCUT2D eigenvalue weighted by atomic mass is 9.84. The zero-order chi connectivity index (χ0) is 24.5. The number of hydrogen-bond acceptors (Lipinski definition) is 5. The van der Waals surface area contributed by atoms with Crippen LogP contribution >= 0.6 is 0 Å². The number of halogens is 1. The first-order valence-electron chi connectivity index (χ1n) is 10.8. The maximum Gasteiger partial charge on any atom is 0.295 e. The lowest BCUT2D eigenvalue weighted by molar-refractivity contribution is -0.140. The van der Waals surface area contributed by atoms with E-state index in [-0.39, 0.29) is 23.3 Å². The van der Waals surface area contributed by atoms with Gasteiger partial charge in [-0.2, -0.15) is 0 Å². The van der Waals surface area contributed by atoms with Crippen molar-refractivity contribution in [2.24, 2.45) is 0 Å². The van der Waals surface area contributed by atoms with Crippen molar-refractivity contribution < 1.29 is 23.8 Å². The number of hydrogen-bond donors (Lipinski definition) is 1. The Kier molecular flexibility index (Phi) is 6.93. The van der Waals surface area contributed by atoms with Gasteiger partial charge in [0.15, 0.2) is 0 Å². The van der Waals surface area contributed by atoms with Crippen LogP contribution in [0.15, 0.2) is 48.0 Å². The van der Waals surface area contributed by atoms with E-state index >= 15 is 0 Å². The molecule has 6 nitrogen and oxygen atoms in total. The molecule has 33 heavy (non-hydrogen) atoms. The summed E-state index contributed by atoms with van der Waals surface area (Å²) in [5.74, 6) is -1.45. The maximum atomic E-state index is 13.6. The van der Waals surface area contributed by atoms with Crippen LogP contribution in [0.1, 0.15) is 43.5 Å². The summed E-state index contributed by atoms with van der Waals surface area (Å²) < 4.78 is 19.1. The predicted octanol–water partition coefficient (Wildman–Crippen LogP) is 4.12. The fourth-order valence-electron chi connectivity index (χ4n) is 4.01. The predicted molar refractivity (Wildman–Crippen MR) is 126 cm³/mol. The number of ether oxygens (including phenoxy) is 1. The molecule has 1 fully saturated rings. The minimum atomic E-state index is -0.814. The summed E-state index contributed by atoms with van der Waals surface area (Å²) in [4.78, 5) is 29.4. The van der Waals surface area contributed by atoms with E-state index in [0.717, 1.165) is 5.56 Å². The van der Waals surface area contributed by atoms with Gasteiger partial charge in [-0.05, 0) is 55.4 Å². The number of Topliss-reactive ketones (excluding diaryl/α,β-unsaturated/α-hetero) is 1. The second-order valence-electron chi connectivity index (χ2n) is 9.51. The smallest absolute Gasteiger partial charge is 0.295 e. The van der Waals surface area contributed by atoms with Crippen LogP contribution in [0, 0.1) is 5.82 Å². The number of benzene rings is 2. The molecule has 0 aliphatic carbocycles. The van der Waals surface area contributed by atoms with Crippen LogP contribution in [0.25, 0.3) is 5.76 Å². The first-order valence-corrected chi connectivity index (χ1v) is 10.8. The molecule has 0 spiro atoms. The third kappa shape index (κ3) is 4.93. The molecule has 1 amide bonds. The molecule has 3 rings (SSSR count). The van der Waals surface area contributed by atoms with Gasteiger partial charge < -0.3 is 19.6 Å². The summed E-state index contributed by atoms with van der Waals surface area (Å²) in [6.07, 6.45) is 0. The first kappa shape index (κ1) is 24.5. The molecule has 0 bridgehead atoms. The number of carbonyl (C=O) groups excluding carboxylic acids is 2. The SMILES string of the molecule is COc1ccc(/C(O)=C2/C(=O)C(=O)N(CCN(C)C)C2c2ccc(F)cc2)cc1C(C)(C)C. The van der Waals surface area contributed by atoms with E-state index in [1.165, 1.54) is 29.2 Å².